The summed E-state index contributed by atoms with van der Waals surface area (Å²) in [5.41, 5.74) is 4.65. The van der Waals surface area contributed by atoms with Crippen molar-refractivity contribution in [2.24, 2.45) is 0 Å². The minimum Gasteiger partial charge on any atom is -0.332 e. The third-order valence-corrected chi connectivity index (χ3v) is 8.09. The summed E-state index contributed by atoms with van der Waals surface area (Å²) in [6.07, 6.45) is 0.811. The van der Waals surface area contributed by atoms with Gasteiger partial charge in [-0.2, -0.15) is 0 Å². The Labute approximate surface area is 240 Å². The van der Waals surface area contributed by atoms with Crippen molar-refractivity contribution < 1.29 is 14.4 Å². The van der Waals surface area contributed by atoms with E-state index in [1.165, 1.54) is 0 Å². The van der Waals surface area contributed by atoms with Crippen LogP contribution in [0.3, 0.4) is 0 Å². The third kappa shape index (κ3) is 5.12. The lowest BCUT2D eigenvalue weighted by atomic mass is 9.99. The fourth-order valence-corrected chi connectivity index (χ4v) is 5.83. The van der Waals surface area contributed by atoms with Gasteiger partial charge in [-0.15, -0.1) is 0 Å². The van der Waals surface area contributed by atoms with E-state index in [2.05, 4.69) is 10.2 Å². The molecule has 0 unspecified atom stereocenters. The average Bonchev–Trinajstić information content (AvgIpc) is 3.40. The van der Waals surface area contributed by atoms with Gasteiger partial charge >= 0.3 is 0 Å². The van der Waals surface area contributed by atoms with E-state index < -0.39 is 0 Å². The molecule has 1 N–H and O–H groups in total. The lowest BCUT2D eigenvalue weighted by molar-refractivity contribution is 0.0737. The van der Waals surface area contributed by atoms with E-state index in [1.54, 1.807) is 41.3 Å². The fraction of sp³-hybridized carbons (Fsp3) is 0.206. The Morgan fingerprint density at radius 1 is 0.780 bits per heavy atom. The summed E-state index contributed by atoms with van der Waals surface area (Å²) in [4.78, 5) is 46.4. The maximum absolute atomic E-state index is 13.9. The van der Waals surface area contributed by atoms with Gasteiger partial charge in [-0.05, 0) is 74.1 Å². The van der Waals surface area contributed by atoms with E-state index in [0.29, 0.717) is 41.2 Å². The lowest BCUT2D eigenvalue weighted by Crippen LogP contribution is -2.42. The number of fused-ring (bicyclic) bond motifs is 2. The highest BCUT2D eigenvalue weighted by Crippen LogP contribution is 2.34. The highest BCUT2D eigenvalue weighted by atomic mass is 16.2. The summed E-state index contributed by atoms with van der Waals surface area (Å²) in [7, 11) is 4.05. The summed E-state index contributed by atoms with van der Waals surface area (Å²) >= 11 is 0. The van der Waals surface area contributed by atoms with Crippen molar-refractivity contribution in [2.45, 2.75) is 18.5 Å². The molecule has 4 aromatic carbocycles. The zero-order chi connectivity index (χ0) is 28.5. The van der Waals surface area contributed by atoms with Crippen LogP contribution in [0.1, 0.15) is 37.5 Å². The van der Waals surface area contributed by atoms with Crippen molar-refractivity contribution in [2.75, 3.05) is 37.4 Å². The van der Waals surface area contributed by atoms with Gasteiger partial charge in [-0.1, -0.05) is 60.7 Å². The van der Waals surface area contributed by atoms with Crippen molar-refractivity contribution in [3.8, 4) is 11.1 Å². The molecule has 2 atom stereocenters. The van der Waals surface area contributed by atoms with Crippen LogP contribution in [0.5, 0.6) is 0 Å². The van der Waals surface area contributed by atoms with Gasteiger partial charge in [0.15, 0.2) is 0 Å². The van der Waals surface area contributed by atoms with Crippen molar-refractivity contribution in [3.63, 3.8) is 0 Å². The summed E-state index contributed by atoms with van der Waals surface area (Å²) in [6, 6.07) is 31.8. The number of carbonyl (C=O) groups excluding carboxylic acids is 3. The average molecular weight is 545 g/mol. The van der Waals surface area contributed by atoms with Gasteiger partial charge in [-0.3, -0.25) is 14.4 Å². The van der Waals surface area contributed by atoms with Crippen LogP contribution in [-0.2, 0) is 0 Å². The zero-order valence-corrected chi connectivity index (χ0v) is 23.2. The number of amides is 3. The zero-order valence-electron chi connectivity index (χ0n) is 23.2. The number of anilines is 2. The molecule has 2 heterocycles. The monoisotopic (exact) mass is 544 g/mol. The quantitative estimate of drug-likeness (QED) is 0.365. The largest absolute Gasteiger partial charge is 0.332 e. The van der Waals surface area contributed by atoms with Gasteiger partial charge < -0.3 is 20.0 Å². The van der Waals surface area contributed by atoms with Crippen LogP contribution in [-0.4, -0.2) is 66.8 Å². The third-order valence-electron chi connectivity index (χ3n) is 8.09. The fourth-order valence-electron chi connectivity index (χ4n) is 5.83. The second-order valence-corrected chi connectivity index (χ2v) is 10.8. The number of rotatable bonds is 5. The highest BCUT2D eigenvalue weighted by Gasteiger charge is 2.42. The number of hydrogen-bond acceptors (Lipinski definition) is 4. The minimum absolute atomic E-state index is 0.0286. The van der Waals surface area contributed by atoms with E-state index in [0.717, 1.165) is 17.5 Å². The van der Waals surface area contributed by atoms with Crippen molar-refractivity contribution >= 4 is 29.1 Å². The Balaban J connectivity index is 1.23. The van der Waals surface area contributed by atoms with E-state index >= 15 is 0 Å². The molecule has 0 aliphatic carbocycles. The Bertz CT molecular complexity index is 1600. The molecule has 0 radical (unpaired) electrons. The van der Waals surface area contributed by atoms with Gasteiger partial charge in [0.25, 0.3) is 17.7 Å². The Kier molecular flexibility index (Phi) is 7.12. The van der Waals surface area contributed by atoms with Crippen LogP contribution >= 0.6 is 0 Å². The number of carbonyl (C=O) groups is 3. The van der Waals surface area contributed by atoms with Crippen molar-refractivity contribution in [1.82, 2.24) is 9.80 Å². The SMILES string of the molecule is CN(C)[C@@H]1C[C@@H]2CN(C(=O)c3ccc(NC(=O)c4ccccc4-c4ccccc4)cc3)c3ccccc3C(=O)N2C1. The van der Waals surface area contributed by atoms with E-state index in [9.17, 15) is 14.4 Å². The van der Waals surface area contributed by atoms with Gasteiger partial charge in [-0.25, -0.2) is 0 Å². The Morgan fingerprint density at radius 2 is 1.44 bits per heavy atom. The van der Waals surface area contributed by atoms with Gasteiger partial charge in [0.2, 0.25) is 0 Å². The minimum atomic E-state index is -0.222. The summed E-state index contributed by atoms with van der Waals surface area (Å²) in [5.74, 6) is -0.424. The molecule has 2 aliphatic rings. The molecule has 4 aromatic rings. The van der Waals surface area contributed by atoms with E-state index in [4.69, 9.17) is 0 Å². The first-order valence-electron chi connectivity index (χ1n) is 13.8. The molecule has 206 valence electrons. The van der Waals surface area contributed by atoms with Crippen LogP contribution in [0.25, 0.3) is 11.1 Å². The Hall–Kier alpha value is -4.75. The molecule has 0 saturated carbocycles. The van der Waals surface area contributed by atoms with Gasteiger partial charge in [0, 0.05) is 35.9 Å². The van der Waals surface area contributed by atoms with E-state index in [1.807, 2.05) is 85.7 Å². The highest BCUT2D eigenvalue weighted by molar-refractivity contribution is 6.12. The number of likely N-dealkylation sites (N-methyl/N-ethyl adjacent to an activating group) is 1. The molecule has 2 aliphatic heterocycles. The van der Waals surface area contributed by atoms with Crippen LogP contribution < -0.4 is 10.2 Å². The first-order chi connectivity index (χ1) is 19.9. The first kappa shape index (κ1) is 26.5. The number of benzene rings is 4. The van der Waals surface area contributed by atoms with Crippen LogP contribution in [0.4, 0.5) is 11.4 Å². The predicted molar refractivity (Wildman–Crippen MR) is 161 cm³/mol. The Morgan fingerprint density at radius 3 is 2.17 bits per heavy atom. The van der Waals surface area contributed by atoms with Crippen LogP contribution in [0, 0.1) is 0 Å². The molecule has 3 amide bonds. The molecule has 1 fully saturated rings. The maximum atomic E-state index is 13.9. The molecule has 0 bridgehead atoms. The topological polar surface area (TPSA) is 73.0 Å². The standard InChI is InChI=1S/C34H32N4O3/c1-36(2)26-20-27-22-38(31-15-9-8-14-30(31)34(41)37(27)21-26)33(40)24-16-18-25(19-17-24)35-32(39)29-13-7-6-12-28(29)23-10-4-3-5-11-23/h3-19,26-27H,20-22H2,1-2H3,(H,35,39)/t26-,27-/m1/s1. The van der Waals surface area contributed by atoms with Crippen molar-refractivity contribution in [1.29, 1.82) is 0 Å². The molecule has 0 aromatic heterocycles. The molecule has 7 heteroatoms. The molecule has 41 heavy (non-hydrogen) atoms. The van der Waals surface area contributed by atoms with Crippen LogP contribution in [0.2, 0.25) is 0 Å². The molecule has 6 rings (SSSR count). The molecule has 1 saturated heterocycles. The predicted octanol–water partition coefficient (Wildman–Crippen LogP) is 5.41. The smallest absolute Gasteiger partial charge is 0.258 e. The van der Waals surface area contributed by atoms with Gasteiger partial charge in [0.1, 0.15) is 0 Å². The number of nitrogens with one attached hydrogen (secondary N) is 1. The molecule has 7 nitrogen and oxygen atoms in total. The summed E-state index contributed by atoms with van der Waals surface area (Å²) < 4.78 is 0. The summed E-state index contributed by atoms with van der Waals surface area (Å²) in [5, 5.41) is 2.97. The van der Waals surface area contributed by atoms with Gasteiger partial charge in [0.05, 0.1) is 17.3 Å². The van der Waals surface area contributed by atoms with Crippen LogP contribution in [0.15, 0.2) is 103 Å². The maximum Gasteiger partial charge on any atom is 0.258 e. The second-order valence-electron chi connectivity index (χ2n) is 10.8. The number of hydrogen-bond donors (Lipinski definition) is 1. The number of nitrogens with zero attached hydrogens (tertiary/aromatic N) is 3. The molecule has 0 spiro atoms. The molecular formula is C34H32N4O3. The first-order valence-corrected chi connectivity index (χ1v) is 13.8. The number of para-hydroxylation sites is 1. The lowest BCUT2D eigenvalue weighted by Gasteiger charge is -2.26. The second kappa shape index (κ2) is 11.0. The molecular weight excluding hydrogens is 512 g/mol. The normalized spacial score (nSPS) is 18.1. The summed E-state index contributed by atoms with van der Waals surface area (Å²) in [6.45, 7) is 1.08. The van der Waals surface area contributed by atoms with E-state index in [-0.39, 0.29) is 29.8 Å². The van der Waals surface area contributed by atoms with Crippen molar-refractivity contribution in [3.05, 3.63) is 120 Å².